The van der Waals surface area contributed by atoms with Gasteiger partial charge < -0.3 is 19.6 Å². The summed E-state index contributed by atoms with van der Waals surface area (Å²) < 4.78 is 0. The molecule has 13 aromatic rings. The molecule has 0 spiro atoms. The Balaban J connectivity index is 0.000000163. The van der Waals surface area contributed by atoms with Crippen LogP contribution >= 0.6 is 0 Å². The van der Waals surface area contributed by atoms with Gasteiger partial charge in [0.1, 0.15) is 0 Å². The van der Waals surface area contributed by atoms with Gasteiger partial charge in [-0.25, -0.2) is 0 Å². The van der Waals surface area contributed by atoms with Crippen molar-refractivity contribution in [2.45, 2.75) is 0 Å². The van der Waals surface area contributed by atoms with E-state index in [1.165, 1.54) is 66.7 Å². The monoisotopic (exact) mass is 1050 g/mol. The second-order valence-corrected chi connectivity index (χ2v) is 20.3. The molecule has 0 saturated heterocycles. The summed E-state index contributed by atoms with van der Waals surface area (Å²) in [6, 6.07) is 120. The minimum Gasteiger partial charge on any atom is -0.345 e. The van der Waals surface area contributed by atoms with Crippen LogP contribution in [-0.2, 0) is 0 Å². The quantitative estimate of drug-likeness (QED) is 0.108. The van der Waals surface area contributed by atoms with Gasteiger partial charge in [-0.3, -0.25) is 0 Å². The van der Waals surface area contributed by atoms with E-state index in [1.807, 2.05) is 6.07 Å². The molecule has 0 unspecified atom stereocenters. The zero-order chi connectivity index (χ0) is 55.5. The number of hydrogen-bond donors (Lipinski definition) is 0. The molecule has 0 radical (unpaired) electrons. The van der Waals surface area contributed by atoms with Gasteiger partial charge in [-0.05, 0) is 165 Å². The maximum absolute atomic E-state index is 2.31. The zero-order valence-electron chi connectivity index (χ0n) is 46.1. The number of fused-ring (bicyclic) bond motifs is 1. The lowest BCUT2D eigenvalue weighted by Gasteiger charge is -2.26. The van der Waals surface area contributed by atoms with E-state index in [0.29, 0.717) is 0 Å². The molecule has 0 fully saturated rings. The highest BCUT2D eigenvalue weighted by Gasteiger charge is 2.16. The number of benzene rings is 13. The number of nitrogens with zero attached hydrogens (tertiary/aromatic N) is 4. The molecule has 0 amide bonds. The van der Waals surface area contributed by atoms with Crippen LogP contribution in [0.3, 0.4) is 0 Å². The van der Waals surface area contributed by atoms with Gasteiger partial charge in [0.25, 0.3) is 0 Å². The second-order valence-electron chi connectivity index (χ2n) is 20.3. The predicted octanol–water partition coefficient (Wildman–Crippen LogP) is 21.7. The van der Waals surface area contributed by atoms with Gasteiger partial charge >= 0.3 is 0 Å². The third-order valence-electron chi connectivity index (χ3n) is 15.2. The molecule has 13 rings (SSSR count). The molecule has 4 heteroatoms. The van der Waals surface area contributed by atoms with Crippen LogP contribution in [0.15, 0.2) is 340 Å². The highest BCUT2D eigenvalue weighted by molar-refractivity contribution is 5.96. The molecular formula is C78H62N4. The summed E-state index contributed by atoms with van der Waals surface area (Å²) >= 11 is 0. The summed E-state index contributed by atoms with van der Waals surface area (Å²) in [5, 5.41) is 2.50. The lowest BCUT2D eigenvalue weighted by atomic mass is 10.0. The van der Waals surface area contributed by atoms with Crippen LogP contribution in [0.1, 0.15) is 0 Å². The van der Waals surface area contributed by atoms with Crippen molar-refractivity contribution in [1.82, 2.24) is 0 Å². The number of rotatable bonds is 14. The van der Waals surface area contributed by atoms with Gasteiger partial charge in [0.2, 0.25) is 0 Å². The van der Waals surface area contributed by atoms with Gasteiger partial charge in [-0.15, -0.1) is 0 Å². The fraction of sp³-hybridized carbons (Fsp3) is 0.0256. The van der Waals surface area contributed by atoms with Crippen LogP contribution in [0.2, 0.25) is 0 Å². The average molecular weight is 1060 g/mol. The molecule has 0 aliphatic rings. The second kappa shape index (κ2) is 24.6. The smallest absolute Gasteiger partial charge is 0.0487 e. The van der Waals surface area contributed by atoms with Crippen LogP contribution in [-0.4, -0.2) is 14.1 Å². The first kappa shape index (κ1) is 52.0. The Morgan fingerprint density at radius 1 is 0.171 bits per heavy atom. The van der Waals surface area contributed by atoms with Crippen molar-refractivity contribution in [1.29, 1.82) is 0 Å². The minimum absolute atomic E-state index is 1.12. The molecule has 0 aliphatic carbocycles. The Morgan fingerprint density at radius 2 is 0.402 bits per heavy atom. The summed E-state index contributed by atoms with van der Waals surface area (Å²) in [7, 11) is 4.24. The van der Waals surface area contributed by atoms with Crippen molar-refractivity contribution in [2.24, 2.45) is 0 Å². The van der Waals surface area contributed by atoms with Gasteiger partial charge in [0.05, 0.1) is 0 Å². The van der Waals surface area contributed by atoms with Gasteiger partial charge in [-0.1, -0.05) is 224 Å². The average Bonchev–Trinajstić information content (AvgIpc) is 3.59. The van der Waals surface area contributed by atoms with Crippen LogP contribution < -0.4 is 19.6 Å². The Labute approximate surface area is 483 Å². The van der Waals surface area contributed by atoms with Gasteiger partial charge in [0, 0.05) is 76.4 Å². The lowest BCUT2D eigenvalue weighted by Crippen LogP contribution is -2.10. The van der Waals surface area contributed by atoms with Crippen LogP contribution in [0.5, 0.6) is 0 Å². The largest absolute Gasteiger partial charge is 0.345 e. The summed E-state index contributed by atoms with van der Waals surface area (Å²) in [5.74, 6) is 0. The van der Waals surface area contributed by atoms with Crippen molar-refractivity contribution < 1.29 is 0 Å². The molecule has 4 nitrogen and oxygen atoms in total. The molecule has 394 valence electrons. The molecule has 0 bridgehead atoms. The van der Waals surface area contributed by atoms with Crippen LogP contribution in [0.4, 0.5) is 56.9 Å². The van der Waals surface area contributed by atoms with Crippen molar-refractivity contribution in [2.75, 3.05) is 33.7 Å². The van der Waals surface area contributed by atoms with E-state index in [9.17, 15) is 0 Å². The molecule has 0 aliphatic heterocycles. The molecular weight excluding hydrogens is 993 g/mol. The first-order valence-corrected chi connectivity index (χ1v) is 27.9. The maximum Gasteiger partial charge on any atom is 0.0487 e. The Morgan fingerprint density at radius 3 is 0.756 bits per heavy atom. The molecule has 0 aromatic heterocycles. The van der Waals surface area contributed by atoms with Crippen LogP contribution in [0.25, 0.3) is 55.3 Å². The molecule has 0 N–H and O–H groups in total. The van der Waals surface area contributed by atoms with E-state index < -0.39 is 0 Å². The third kappa shape index (κ3) is 11.7. The van der Waals surface area contributed by atoms with E-state index in [4.69, 9.17) is 0 Å². The first-order chi connectivity index (χ1) is 40.5. The SMILES string of the molecule is CN(c1ccc(-c2ccc(N(c3ccccc3)c3ccc(-c4ccccc4)cc3)cc2)cc1)c1cccc2ccccc12.CN(c1ccccc1)c1ccc(-c2ccc(N(c3ccccc3)c3ccc(-c4ccccc4)cc3)cc2)cc1. The first-order valence-electron chi connectivity index (χ1n) is 27.9. The normalized spacial score (nSPS) is 10.8. The fourth-order valence-corrected chi connectivity index (χ4v) is 10.7. The highest BCUT2D eigenvalue weighted by Crippen LogP contribution is 2.40. The third-order valence-corrected chi connectivity index (χ3v) is 15.2. The summed E-state index contributed by atoms with van der Waals surface area (Å²) in [6.45, 7) is 0. The van der Waals surface area contributed by atoms with Crippen molar-refractivity contribution in [3.63, 3.8) is 0 Å². The van der Waals surface area contributed by atoms with Crippen molar-refractivity contribution >= 4 is 67.6 Å². The Hall–Kier alpha value is -10.7. The molecule has 82 heavy (non-hydrogen) atoms. The molecule has 13 aromatic carbocycles. The summed E-state index contributed by atoms with van der Waals surface area (Å²) in [6.07, 6.45) is 0. The molecule has 0 saturated carbocycles. The number of hydrogen-bond acceptors (Lipinski definition) is 4. The van der Waals surface area contributed by atoms with E-state index in [2.05, 4.69) is 367 Å². The standard InChI is InChI=1S/C41H32N2.C37H30N2/c1-42(41-18-10-14-35-13-8-9-17-40(35)41)36-25-19-33(20-26-36)34-23-29-39(30-24-34)43(37-15-6-3-7-16-37)38-27-21-32(22-28-38)31-11-4-2-5-12-31;1-38(33-13-7-3-8-14-33)34-23-17-31(18-24-34)32-21-27-37(28-22-32)39(35-15-9-4-10-16-35)36-25-19-30(20-26-36)29-11-5-2-6-12-29/h2-30H,1H3;2-28H,1H3. The van der Waals surface area contributed by atoms with E-state index in [1.54, 1.807) is 0 Å². The molecule has 0 atom stereocenters. The zero-order valence-corrected chi connectivity index (χ0v) is 46.1. The topological polar surface area (TPSA) is 13.0 Å². The van der Waals surface area contributed by atoms with E-state index >= 15 is 0 Å². The van der Waals surface area contributed by atoms with Crippen LogP contribution in [0, 0.1) is 0 Å². The van der Waals surface area contributed by atoms with Gasteiger partial charge in [0.15, 0.2) is 0 Å². The molecule has 0 heterocycles. The maximum atomic E-state index is 2.31. The predicted molar refractivity (Wildman–Crippen MR) is 351 cm³/mol. The Bertz CT molecular complexity index is 4100. The van der Waals surface area contributed by atoms with Crippen molar-refractivity contribution in [3.05, 3.63) is 340 Å². The van der Waals surface area contributed by atoms with Gasteiger partial charge in [-0.2, -0.15) is 0 Å². The Kier molecular flexibility index (Phi) is 15.6. The fourth-order valence-electron chi connectivity index (χ4n) is 10.7. The number of anilines is 10. The van der Waals surface area contributed by atoms with E-state index in [0.717, 1.165) is 45.5 Å². The van der Waals surface area contributed by atoms with Crippen molar-refractivity contribution in [3.8, 4) is 44.5 Å². The van der Waals surface area contributed by atoms with E-state index in [-0.39, 0.29) is 0 Å². The summed E-state index contributed by atoms with van der Waals surface area (Å²) in [5.41, 5.74) is 21.1. The highest BCUT2D eigenvalue weighted by atomic mass is 15.1. The lowest BCUT2D eigenvalue weighted by molar-refractivity contribution is 1.21. The minimum atomic E-state index is 1.12. The number of para-hydroxylation sites is 3. The summed E-state index contributed by atoms with van der Waals surface area (Å²) in [4.78, 5) is 9.07.